The lowest BCUT2D eigenvalue weighted by Crippen LogP contribution is -2.40. The number of carbonyl (C=O) groups is 2. The topological polar surface area (TPSA) is 83.6 Å². The van der Waals surface area contributed by atoms with E-state index < -0.39 is 12.0 Å². The average Bonchev–Trinajstić information content (AvgIpc) is 2.87. The Balaban J connectivity index is 2.13. The standard InChI is InChI=1S/C14H16N2O3S/c15-12(20)8-9-3-5-10(6-4-9)13(17)16-7-1-2-11(16)14(18)19/h3-6,11H,1-2,7-8H2,(H2,15,20)(H,18,19). The summed E-state index contributed by atoms with van der Waals surface area (Å²) in [7, 11) is 0. The summed E-state index contributed by atoms with van der Waals surface area (Å²) in [4.78, 5) is 25.2. The van der Waals surface area contributed by atoms with Gasteiger partial charge in [-0.25, -0.2) is 4.79 Å². The highest BCUT2D eigenvalue weighted by molar-refractivity contribution is 7.80. The normalized spacial score (nSPS) is 18.0. The zero-order valence-electron chi connectivity index (χ0n) is 10.9. The van der Waals surface area contributed by atoms with Gasteiger partial charge in [0.2, 0.25) is 0 Å². The molecule has 106 valence electrons. The molecule has 1 aliphatic heterocycles. The first-order valence-electron chi connectivity index (χ1n) is 6.40. The van der Waals surface area contributed by atoms with E-state index in [0.29, 0.717) is 29.9 Å². The van der Waals surface area contributed by atoms with Gasteiger partial charge in [0, 0.05) is 18.5 Å². The summed E-state index contributed by atoms with van der Waals surface area (Å²) in [6.07, 6.45) is 1.73. The summed E-state index contributed by atoms with van der Waals surface area (Å²) in [5.41, 5.74) is 6.89. The highest BCUT2D eigenvalue weighted by atomic mass is 32.1. The number of aliphatic carboxylic acids is 1. The quantitative estimate of drug-likeness (QED) is 0.815. The number of benzene rings is 1. The monoisotopic (exact) mass is 292 g/mol. The molecule has 0 radical (unpaired) electrons. The minimum atomic E-state index is -0.944. The Morgan fingerprint density at radius 3 is 2.55 bits per heavy atom. The number of amides is 1. The summed E-state index contributed by atoms with van der Waals surface area (Å²) in [6.45, 7) is 0.491. The van der Waals surface area contributed by atoms with Crippen LogP contribution < -0.4 is 5.73 Å². The Hall–Kier alpha value is -1.95. The fraction of sp³-hybridized carbons (Fsp3) is 0.357. The van der Waals surface area contributed by atoms with E-state index in [1.807, 2.05) is 0 Å². The van der Waals surface area contributed by atoms with Crippen molar-refractivity contribution in [3.63, 3.8) is 0 Å². The number of nitrogens with zero attached hydrogens (tertiary/aromatic N) is 1. The third kappa shape index (κ3) is 3.14. The van der Waals surface area contributed by atoms with Crippen molar-refractivity contribution < 1.29 is 14.7 Å². The molecule has 2 rings (SSSR count). The van der Waals surface area contributed by atoms with Gasteiger partial charge in [-0.2, -0.15) is 0 Å². The molecule has 1 heterocycles. The van der Waals surface area contributed by atoms with Crippen LogP contribution in [0.15, 0.2) is 24.3 Å². The third-order valence-electron chi connectivity index (χ3n) is 3.38. The summed E-state index contributed by atoms with van der Waals surface area (Å²) in [6, 6.07) is 6.25. The highest BCUT2D eigenvalue weighted by Crippen LogP contribution is 2.20. The summed E-state index contributed by atoms with van der Waals surface area (Å²) >= 11 is 4.83. The molecule has 0 spiro atoms. The molecule has 0 aliphatic carbocycles. The number of nitrogens with two attached hydrogens (primary N) is 1. The van der Waals surface area contributed by atoms with Gasteiger partial charge in [0.25, 0.3) is 5.91 Å². The molecule has 1 amide bonds. The predicted octanol–water partition coefficient (Wildman–Crippen LogP) is 1.20. The Morgan fingerprint density at radius 2 is 2.00 bits per heavy atom. The largest absolute Gasteiger partial charge is 0.480 e. The minimum Gasteiger partial charge on any atom is -0.480 e. The van der Waals surface area contributed by atoms with Crippen molar-refractivity contribution in [2.45, 2.75) is 25.3 Å². The first kappa shape index (κ1) is 14.5. The molecule has 1 aromatic carbocycles. The predicted molar refractivity (Wildman–Crippen MR) is 78.6 cm³/mol. The van der Waals surface area contributed by atoms with E-state index in [9.17, 15) is 9.59 Å². The number of carbonyl (C=O) groups excluding carboxylic acids is 1. The highest BCUT2D eigenvalue weighted by Gasteiger charge is 2.34. The van der Waals surface area contributed by atoms with Gasteiger partial charge in [-0.15, -0.1) is 0 Å². The second-order valence-electron chi connectivity index (χ2n) is 4.83. The van der Waals surface area contributed by atoms with Crippen molar-refractivity contribution in [1.29, 1.82) is 0 Å². The molecule has 20 heavy (non-hydrogen) atoms. The molecule has 1 unspecified atom stereocenters. The van der Waals surface area contributed by atoms with Crippen molar-refractivity contribution in [2.24, 2.45) is 5.73 Å². The maximum Gasteiger partial charge on any atom is 0.326 e. The fourth-order valence-electron chi connectivity index (χ4n) is 2.40. The average molecular weight is 292 g/mol. The molecule has 6 heteroatoms. The van der Waals surface area contributed by atoms with E-state index in [1.165, 1.54) is 4.90 Å². The van der Waals surface area contributed by atoms with Crippen LogP contribution in [0.3, 0.4) is 0 Å². The molecule has 0 bridgehead atoms. The molecular weight excluding hydrogens is 276 g/mol. The summed E-state index contributed by atoms with van der Waals surface area (Å²) in [5, 5.41) is 9.10. The third-order valence-corrected chi connectivity index (χ3v) is 3.52. The van der Waals surface area contributed by atoms with E-state index in [4.69, 9.17) is 23.1 Å². The lowest BCUT2D eigenvalue weighted by molar-refractivity contribution is -0.141. The van der Waals surface area contributed by atoms with Crippen LogP contribution in [0.2, 0.25) is 0 Å². The van der Waals surface area contributed by atoms with Crippen LogP contribution in [0.4, 0.5) is 0 Å². The Morgan fingerprint density at radius 1 is 1.35 bits per heavy atom. The lowest BCUT2D eigenvalue weighted by atomic mass is 10.1. The van der Waals surface area contributed by atoms with Crippen molar-refractivity contribution in [1.82, 2.24) is 4.90 Å². The second-order valence-corrected chi connectivity index (χ2v) is 5.36. The zero-order chi connectivity index (χ0) is 14.7. The van der Waals surface area contributed by atoms with Crippen molar-refractivity contribution in [2.75, 3.05) is 6.54 Å². The smallest absolute Gasteiger partial charge is 0.326 e. The molecule has 0 aromatic heterocycles. The fourth-order valence-corrected chi connectivity index (χ4v) is 2.57. The van der Waals surface area contributed by atoms with E-state index in [2.05, 4.69) is 0 Å². The van der Waals surface area contributed by atoms with E-state index in [1.54, 1.807) is 24.3 Å². The van der Waals surface area contributed by atoms with Gasteiger partial charge in [0.05, 0.1) is 4.99 Å². The van der Waals surface area contributed by atoms with Gasteiger partial charge in [-0.1, -0.05) is 24.4 Å². The number of rotatable bonds is 4. The number of carboxylic acids is 1. The van der Waals surface area contributed by atoms with Crippen LogP contribution in [0.5, 0.6) is 0 Å². The van der Waals surface area contributed by atoms with Crippen LogP contribution in [-0.4, -0.2) is 39.5 Å². The maximum absolute atomic E-state index is 12.3. The van der Waals surface area contributed by atoms with Crippen LogP contribution in [0.25, 0.3) is 0 Å². The molecule has 1 fully saturated rings. The Labute approximate surface area is 122 Å². The maximum atomic E-state index is 12.3. The SMILES string of the molecule is NC(=S)Cc1ccc(C(=O)N2CCCC2C(=O)O)cc1. The molecule has 0 saturated carbocycles. The molecule has 1 aromatic rings. The summed E-state index contributed by atoms with van der Waals surface area (Å²) < 4.78 is 0. The van der Waals surface area contributed by atoms with Gasteiger partial charge in [-0.05, 0) is 30.5 Å². The zero-order valence-corrected chi connectivity index (χ0v) is 11.7. The molecule has 3 N–H and O–H groups in total. The molecule has 1 aliphatic rings. The second kappa shape index (κ2) is 6.00. The number of hydrogen-bond acceptors (Lipinski definition) is 3. The van der Waals surface area contributed by atoms with E-state index in [0.717, 1.165) is 12.0 Å². The van der Waals surface area contributed by atoms with Crippen LogP contribution in [0.1, 0.15) is 28.8 Å². The van der Waals surface area contributed by atoms with Crippen molar-refractivity contribution >= 4 is 29.1 Å². The lowest BCUT2D eigenvalue weighted by Gasteiger charge is -2.21. The molecule has 1 atom stereocenters. The van der Waals surface area contributed by atoms with Crippen LogP contribution in [-0.2, 0) is 11.2 Å². The van der Waals surface area contributed by atoms with Crippen LogP contribution in [0, 0.1) is 0 Å². The molecule has 5 nitrogen and oxygen atoms in total. The Kier molecular flexibility index (Phi) is 4.34. The van der Waals surface area contributed by atoms with Gasteiger partial charge < -0.3 is 15.7 Å². The number of likely N-dealkylation sites (tertiary alicyclic amines) is 1. The molecule has 1 saturated heterocycles. The van der Waals surface area contributed by atoms with Gasteiger partial charge >= 0.3 is 5.97 Å². The minimum absolute atomic E-state index is 0.239. The van der Waals surface area contributed by atoms with Crippen LogP contribution >= 0.6 is 12.2 Å². The first-order valence-corrected chi connectivity index (χ1v) is 6.81. The summed E-state index contributed by atoms with van der Waals surface area (Å²) in [5.74, 6) is -1.18. The van der Waals surface area contributed by atoms with Gasteiger partial charge in [0.1, 0.15) is 6.04 Å². The number of carboxylic acid groups (broad SMARTS) is 1. The first-order chi connectivity index (χ1) is 9.49. The Bertz CT molecular complexity index is 542. The van der Waals surface area contributed by atoms with E-state index in [-0.39, 0.29) is 5.91 Å². The van der Waals surface area contributed by atoms with Crippen molar-refractivity contribution in [3.8, 4) is 0 Å². The number of hydrogen-bond donors (Lipinski definition) is 2. The number of thiocarbonyl (C=S) groups is 1. The van der Waals surface area contributed by atoms with Crippen molar-refractivity contribution in [3.05, 3.63) is 35.4 Å². The van der Waals surface area contributed by atoms with Gasteiger partial charge in [0.15, 0.2) is 0 Å². The van der Waals surface area contributed by atoms with E-state index >= 15 is 0 Å². The molecular formula is C14H16N2O3S. The van der Waals surface area contributed by atoms with Gasteiger partial charge in [-0.3, -0.25) is 4.79 Å².